The van der Waals surface area contributed by atoms with Gasteiger partial charge < -0.3 is 9.72 Å². The van der Waals surface area contributed by atoms with Crippen LogP contribution in [0.3, 0.4) is 0 Å². The molecule has 0 aliphatic rings. The number of benzene rings is 1. The lowest BCUT2D eigenvalue weighted by Gasteiger charge is -2.03. The first-order chi connectivity index (χ1) is 8.33. The Bertz CT molecular complexity index is 465. The number of hydrogen-bond donors (Lipinski definition) is 2. The molecule has 0 aliphatic carbocycles. The normalized spacial score (nSPS) is 10.5. The number of rotatable bonds is 5. The van der Waals surface area contributed by atoms with E-state index in [4.69, 9.17) is 4.74 Å². The number of aryl methyl sites for hydroxylation is 1. The lowest BCUT2D eigenvalue weighted by atomic mass is 10.2. The Morgan fingerprint density at radius 2 is 2.06 bits per heavy atom. The van der Waals surface area contributed by atoms with Crippen LogP contribution in [0.1, 0.15) is 12.7 Å². The molecule has 90 valence electrons. The van der Waals surface area contributed by atoms with Gasteiger partial charge in [-0.2, -0.15) is 12.6 Å². The second-order valence-corrected chi connectivity index (χ2v) is 4.12. The van der Waals surface area contributed by atoms with Gasteiger partial charge in [0.2, 0.25) is 0 Å². The van der Waals surface area contributed by atoms with E-state index in [1.54, 1.807) is 0 Å². The third-order valence-electron chi connectivity index (χ3n) is 2.45. The predicted octanol–water partition coefficient (Wildman–Crippen LogP) is 2.95. The summed E-state index contributed by atoms with van der Waals surface area (Å²) in [5, 5.41) is 0. The van der Waals surface area contributed by atoms with E-state index >= 15 is 0 Å². The molecule has 0 fully saturated rings. The van der Waals surface area contributed by atoms with Gasteiger partial charge in [0.05, 0.1) is 18.5 Å². The van der Waals surface area contributed by atoms with E-state index in [1.807, 2.05) is 37.4 Å². The minimum atomic E-state index is 0.690. The fourth-order valence-electron chi connectivity index (χ4n) is 1.64. The first-order valence-corrected chi connectivity index (χ1v) is 6.34. The van der Waals surface area contributed by atoms with E-state index in [1.165, 1.54) is 0 Å². The highest BCUT2D eigenvalue weighted by atomic mass is 32.1. The third kappa shape index (κ3) is 3.03. The van der Waals surface area contributed by atoms with Crippen LogP contribution >= 0.6 is 12.6 Å². The Kier molecular flexibility index (Phi) is 4.09. The van der Waals surface area contributed by atoms with Gasteiger partial charge in [-0.15, -0.1) is 0 Å². The molecule has 3 nitrogen and oxygen atoms in total. The van der Waals surface area contributed by atoms with Crippen molar-refractivity contribution >= 4 is 12.6 Å². The summed E-state index contributed by atoms with van der Waals surface area (Å²) in [6.07, 6.45) is 2.72. The molecule has 0 amide bonds. The second-order valence-electron chi connectivity index (χ2n) is 3.67. The Balaban J connectivity index is 2.15. The molecule has 0 atom stereocenters. The number of hydrogen-bond acceptors (Lipinski definition) is 3. The Morgan fingerprint density at radius 1 is 1.29 bits per heavy atom. The smallest absolute Gasteiger partial charge is 0.119 e. The minimum absolute atomic E-state index is 0.690. The number of nitrogens with one attached hydrogen (secondary N) is 1. The summed E-state index contributed by atoms with van der Waals surface area (Å²) in [5.41, 5.74) is 2.15. The van der Waals surface area contributed by atoms with Gasteiger partial charge in [0.1, 0.15) is 11.6 Å². The van der Waals surface area contributed by atoms with Crippen LogP contribution in [0.2, 0.25) is 0 Å². The van der Waals surface area contributed by atoms with Gasteiger partial charge in [-0.25, -0.2) is 4.98 Å². The Hall–Kier alpha value is -1.42. The topological polar surface area (TPSA) is 37.9 Å². The van der Waals surface area contributed by atoms with Crippen LogP contribution in [-0.4, -0.2) is 22.3 Å². The predicted molar refractivity (Wildman–Crippen MR) is 72.7 cm³/mol. The van der Waals surface area contributed by atoms with Crippen LogP contribution in [0.4, 0.5) is 0 Å². The lowest BCUT2D eigenvalue weighted by Crippen LogP contribution is -1.91. The average molecular weight is 248 g/mol. The van der Waals surface area contributed by atoms with Crippen LogP contribution in [0.25, 0.3) is 11.3 Å². The first-order valence-electron chi connectivity index (χ1n) is 5.71. The fourth-order valence-corrected chi connectivity index (χ4v) is 1.85. The van der Waals surface area contributed by atoms with Crippen LogP contribution in [0.5, 0.6) is 5.75 Å². The second kappa shape index (κ2) is 5.77. The fraction of sp³-hybridized carbons (Fsp3) is 0.308. The maximum Gasteiger partial charge on any atom is 0.119 e. The van der Waals surface area contributed by atoms with Crippen molar-refractivity contribution in [3.05, 3.63) is 36.3 Å². The molecule has 1 aromatic carbocycles. The molecule has 0 saturated heterocycles. The highest BCUT2D eigenvalue weighted by Gasteiger charge is 2.02. The molecule has 2 aromatic rings. The molecule has 0 radical (unpaired) electrons. The van der Waals surface area contributed by atoms with Gasteiger partial charge in [-0.3, -0.25) is 0 Å². The molecule has 2 rings (SSSR count). The summed E-state index contributed by atoms with van der Waals surface area (Å²) in [5.74, 6) is 2.67. The number of thiol groups is 1. The Labute approximate surface area is 107 Å². The molecule has 0 bridgehead atoms. The van der Waals surface area contributed by atoms with E-state index in [9.17, 15) is 0 Å². The molecule has 17 heavy (non-hydrogen) atoms. The molecule has 1 heterocycles. The van der Waals surface area contributed by atoms with E-state index in [-0.39, 0.29) is 0 Å². The number of H-pyrrole nitrogens is 1. The summed E-state index contributed by atoms with van der Waals surface area (Å²) in [6.45, 7) is 2.67. The largest absolute Gasteiger partial charge is 0.494 e. The minimum Gasteiger partial charge on any atom is -0.494 e. The maximum atomic E-state index is 5.40. The van der Waals surface area contributed by atoms with Crippen molar-refractivity contribution in [1.29, 1.82) is 0 Å². The molecule has 1 N–H and O–H groups in total. The number of ether oxygens (including phenoxy) is 1. The highest BCUT2D eigenvalue weighted by Crippen LogP contribution is 2.20. The van der Waals surface area contributed by atoms with Crippen molar-refractivity contribution in [2.45, 2.75) is 13.3 Å². The quantitative estimate of drug-likeness (QED) is 0.798. The van der Waals surface area contributed by atoms with Gasteiger partial charge >= 0.3 is 0 Å². The van der Waals surface area contributed by atoms with Crippen LogP contribution < -0.4 is 4.74 Å². The van der Waals surface area contributed by atoms with Crippen molar-refractivity contribution in [1.82, 2.24) is 9.97 Å². The van der Waals surface area contributed by atoms with Crippen molar-refractivity contribution in [3.8, 4) is 17.0 Å². The van der Waals surface area contributed by atoms with E-state index in [0.29, 0.717) is 6.61 Å². The number of nitrogens with zero attached hydrogens (tertiary/aromatic N) is 1. The molecule has 1 aromatic heterocycles. The average Bonchev–Trinajstić information content (AvgIpc) is 2.80. The van der Waals surface area contributed by atoms with Crippen LogP contribution in [0, 0.1) is 0 Å². The van der Waals surface area contributed by atoms with Crippen molar-refractivity contribution < 1.29 is 4.74 Å². The molecule has 0 saturated carbocycles. The lowest BCUT2D eigenvalue weighted by molar-refractivity contribution is 0.340. The summed E-state index contributed by atoms with van der Waals surface area (Å²) in [4.78, 5) is 7.59. The zero-order valence-corrected chi connectivity index (χ0v) is 10.7. The zero-order valence-electron chi connectivity index (χ0n) is 9.81. The first kappa shape index (κ1) is 12.0. The standard InChI is InChI=1S/C13H16N2OS/c1-2-16-11-5-3-10(4-6-11)12-9-14-13(15-12)7-8-17/h3-6,9,17H,2,7-8H2,1H3,(H,14,15). The molecule has 4 heteroatoms. The van der Waals surface area contributed by atoms with Crippen LogP contribution in [0.15, 0.2) is 30.5 Å². The third-order valence-corrected chi connectivity index (χ3v) is 2.68. The van der Waals surface area contributed by atoms with E-state index in [2.05, 4.69) is 22.6 Å². The van der Waals surface area contributed by atoms with Crippen molar-refractivity contribution in [2.24, 2.45) is 0 Å². The molecule has 0 aliphatic heterocycles. The van der Waals surface area contributed by atoms with Gasteiger partial charge in [0.15, 0.2) is 0 Å². The molecule has 0 unspecified atom stereocenters. The van der Waals surface area contributed by atoms with Gasteiger partial charge in [0.25, 0.3) is 0 Å². The molecular formula is C13H16N2OS. The highest BCUT2D eigenvalue weighted by molar-refractivity contribution is 7.80. The SMILES string of the molecule is CCOc1ccc(-c2cnc(CCS)[nH]2)cc1. The number of aromatic nitrogens is 2. The van der Waals surface area contributed by atoms with Gasteiger partial charge in [-0.05, 0) is 42.5 Å². The van der Waals surface area contributed by atoms with E-state index in [0.717, 1.165) is 35.0 Å². The Morgan fingerprint density at radius 3 is 2.71 bits per heavy atom. The van der Waals surface area contributed by atoms with Gasteiger partial charge in [-0.1, -0.05) is 0 Å². The monoisotopic (exact) mass is 248 g/mol. The maximum absolute atomic E-state index is 5.40. The molecule has 0 spiro atoms. The molecular weight excluding hydrogens is 232 g/mol. The number of aromatic amines is 1. The summed E-state index contributed by atoms with van der Waals surface area (Å²) in [6, 6.07) is 8.00. The van der Waals surface area contributed by atoms with Crippen LogP contribution in [-0.2, 0) is 6.42 Å². The van der Waals surface area contributed by atoms with Gasteiger partial charge in [0, 0.05) is 6.42 Å². The number of imidazole rings is 1. The summed E-state index contributed by atoms with van der Waals surface area (Å²) in [7, 11) is 0. The zero-order chi connectivity index (χ0) is 12.1. The van der Waals surface area contributed by atoms with E-state index < -0.39 is 0 Å². The van der Waals surface area contributed by atoms with Crippen molar-refractivity contribution in [2.75, 3.05) is 12.4 Å². The summed E-state index contributed by atoms with van der Waals surface area (Å²) < 4.78 is 5.40. The van der Waals surface area contributed by atoms with Crippen molar-refractivity contribution in [3.63, 3.8) is 0 Å². The summed E-state index contributed by atoms with van der Waals surface area (Å²) >= 11 is 4.19.